The average Bonchev–Trinajstić information content (AvgIpc) is 3.01. The second kappa shape index (κ2) is 8.37. The fourth-order valence-electron chi connectivity index (χ4n) is 2.88. The monoisotopic (exact) mass is 358 g/mol. The summed E-state index contributed by atoms with van der Waals surface area (Å²) in [6.45, 7) is 3.38. The van der Waals surface area contributed by atoms with Crippen molar-refractivity contribution < 1.29 is 9.84 Å². The molecule has 0 aliphatic rings. The van der Waals surface area contributed by atoms with Crippen molar-refractivity contribution in [3.63, 3.8) is 0 Å². The molecule has 5 heteroatoms. The van der Waals surface area contributed by atoms with Gasteiger partial charge in [0, 0.05) is 6.54 Å². The van der Waals surface area contributed by atoms with E-state index in [9.17, 15) is 5.11 Å². The summed E-state index contributed by atoms with van der Waals surface area (Å²) in [5.41, 5.74) is 1.99. The van der Waals surface area contributed by atoms with Crippen LogP contribution in [0.2, 0.25) is 5.02 Å². The molecular weight excluding hydrogens is 336 g/mol. The standard InChI is InChI=1S/C20H23ClN2O2/c1-2-18(24)20-22-16-10-4-5-11-17(16)23(20)13-7-8-14-25-19-12-6-3-9-15(19)21/h3-6,9-12,18,24H,2,7-8,13-14H2,1H3/t18-/m0/s1. The molecule has 132 valence electrons. The van der Waals surface area contributed by atoms with E-state index in [4.69, 9.17) is 16.3 Å². The van der Waals surface area contributed by atoms with Gasteiger partial charge in [0.2, 0.25) is 0 Å². The van der Waals surface area contributed by atoms with Crippen molar-refractivity contribution in [3.05, 3.63) is 59.4 Å². The van der Waals surface area contributed by atoms with Crippen molar-refractivity contribution in [1.29, 1.82) is 0 Å². The molecule has 0 fully saturated rings. The molecule has 0 radical (unpaired) electrons. The number of hydrogen-bond donors (Lipinski definition) is 1. The molecule has 1 N–H and O–H groups in total. The maximum Gasteiger partial charge on any atom is 0.138 e. The number of rotatable bonds is 8. The van der Waals surface area contributed by atoms with E-state index < -0.39 is 6.10 Å². The first kappa shape index (κ1) is 17.8. The summed E-state index contributed by atoms with van der Waals surface area (Å²) in [6.07, 6.45) is 1.96. The fraction of sp³-hybridized carbons (Fsp3) is 0.350. The molecule has 0 aliphatic heterocycles. The molecule has 3 rings (SSSR count). The number of aliphatic hydroxyl groups excluding tert-OH is 1. The van der Waals surface area contributed by atoms with Crippen LogP contribution in [-0.4, -0.2) is 21.3 Å². The second-order valence-electron chi connectivity index (χ2n) is 6.02. The maximum atomic E-state index is 10.3. The molecule has 0 spiro atoms. The zero-order valence-electron chi connectivity index (χ0n) is 14.4. The number of aromatic nitrogens is 2. The van der Waals surface area contributed by atoms with Gasteiger partial charge in [0.15, 0.2) is 0 Å². The van der Waals surface area contributed by atoms with Crippen LogP contribution in [0.3, 0.4) is 0 Å². The molecule has 0 unspecified atom stereocenters. The summed E-state index contributed by atoms with van der Waals surface area (Å²) in [6, 6.07) is 15.5. The Bertz CT molecular complexity index is 831. The first-order valence-electron chi connectivity index (χ1n) is 8.71. The van der Waals surface area contributed by atoms with Gasteiger partial charge in [0.25, 0.3) is 0 Å². The minimum absolute atomic E-state index is 0.535. The van der Waals surface area contributed by atoms with Gasteiger partial charge in [-0.2, -0.15) is 0 Å². The van der Waals surface area contributed by atoms with Crippen molar-refractivity contribution in [2.75, 3.05) is 6.61 Å². The molecule has 0 saturated carbocycles. The van der Waals surface area contributed by atoms with Gasteiger partial charge >= 0.3 is 0 Å². The van der Waals surface area contributed by atoms with Gasteiger partial charge < -0.3 is 14.4 Å². The summed E-state index contributed by atoms with van der Waals surface area (Å²) in [5, 5.41) is 10.9. The highest BCUT2D eigenvalue weighted by atomic mass is 35.5. The van der Waals surface area contributed by atoms with Crippen molar-refractivity contribution in [2.24, 2.45) is 0 Å². The lowest BCUT2D eigenvalue weighted by Crippen LogP contribution is -2.09. The predicted molar refractivity (Wildman–Crippen MR) is 101 cm³/mol. The Balaban J connectivity index is 1.62. The quantitative estimate of drug-likeness (QED) is 0.577. The number of aryl methyl sites for hydroxylation is 1. The van der Waals surface area contributed by atoms with Gasteiger partial charge in [-0.15, -0.1) is 0 Å². The number of imidazole rings is 1. The zero-order chi connectivity index (χ0) is 17.6. The summed E-state index contributed by atoms with van der Waals surface area (Å²) < 4.78 is 7.86. The average molecular weight is 359 g/mol. The summed E-state index contributed by atoms with van der Waals surface area (Å²) in [4.78, 5) is 4.61. The van der Waals surface area contributed by atoms with Crippen molar-refractivity contribution in [3.8, 4) is 5.75 Å². The summed E-state index contributed by atoms with van der Waals surface area (Å²) in [5.74, 6) is 1.47. The summed E-state index contributed by atoms with van der Waals surface area (Å²) >= 11 is 6.09. The largest absolute Gasteiger partial charge is 0.492 e. The van der Waals surface area contributed by atoms with Crippen LogP contribution in [0.5, 0.6) is 5.75 Å². The second-order valence-corrected chi connectivity index (χ2v) is 6.43. The third kappa shape index (κ3) is 4.14. The number of nitrogens with zero attached hydrogens (tertiary/aromatic N) is 2. The van der Waals surface area contributed by atoms with Crippen LogP contribution in [0.15, 0.2) is 48.5 Å². The lowest BCUT2D eigenvalue weighted by atomic mass is 10.2. The Hall–Kier alpha value is -2.04. The molecule has 3 aromatic rings. The van der Waals surface area contributed by atoms with Gasteiger partial charge in [-0.3, -0.25) is 0 Å². The van der Waals surface area contributed by atoms with Crippen molar-refractivity contribution in [1.82, 2.24) is 9.55 Å². The van der Waals surface area contributed by atoms with Crippen LogP contribution < -0.4 is 4.74 Å². The number of hydrogen-bond acceptors (Lipinski definition) is 3. The predicted octanol–water partition coefficient (Wildman–Crippen LogP) is 4.99. The lowest BCUT2D eigenvalue weighted by Gasteiger charge is -2.13. The third-order valence-corrected chi connectivity index (χ3v) is 4.55. The zero-order valence-corrected chi connectivity index (χ0v) is 15.1. The van der Waals surface area contributed by atoms with Crippen LogP contribution in [0.25, 0.3) is 11.0 Å². The first-order chi connectivity index (χ1) is 12.2. The SMILES string of the molecule is CC[C@H](O)c1nc2ccccc2n1CCCCOc1ccccc1Cl. The molecule has 2 aromatic carbocycles. The number of benzene rings is 2. The fourth-order valence-corrected chi connectivity index (χ4v) is 3.07. The summed E-state index contributed by atoms with van der Waals surface area (Å²) in [7, 11) is 0. The van der Waals surface area contributed by atoms with Crippen LogP contribution in [0.4, 0.5) is 0 Å². The minimum atomic E-state index is -0.535. The number of para-hydroxylation sites is 3. The smallest absolute Gasteiger partial charge is 0.138 e. The van der Waals surface area contributed by atoms with Crippen molar-refractivity contribution in [2.45, 2.75) is 38.8 Å². The Morgan fingerprint density at radius 1 is 1.12 bits per heavy atom. The highest BCUT2D eigenvalue weighted by molar-refractivity contribution is 6.32. The van der Waals surface area contributed by atoms with Crippen molar-refractivity contribution >= 4 is 22.6 Å². The highest BCUT2D eigenvalue weighted by Crippen LogP contribution is 2.24. The van der Waals surface area contributed by atoms with Crippen LogP contribution in [0, 0.1) is 0 Å². The number of ether oxygens (including phenoxy) is 1. The Morgan fingerprint density at radius 3 is 2.68 bits per heavy atom. The van der Waals surface area contributed by atoms with E-state index in [-0.39, 0.29) is 0 Å². The van der Waals surface area contributed by atoms with E-state index in [2.05, 4.69) is 15.6 Å². The molecule has 0 amide bonds. The molecule has 4 nitrogen and oxygen atoms in total. The van der Waals surface area contributed by atoms with Gasteiger partial charge in [-0.05, 0) is 43.5 Å². The molecule has 1 atom stereocenters. The Kier molecular flexibility index (Phi) is 5.95. The van der Waals surface area contributed by atoms with Crippen LogP contribution in [0.1, 0.15) is 38.1 Å². The normalized spacial score (nSPS) is 12.4. The van der Waals surface area contributed by atoms with Crippen LogP contribution >= 0.6 is 11.6 Å². The number of halogens is 1. The van der Waals surface area contributed by atoms with Crippen LogP contribution in [-0.2, 0) is 6.54 Å². The van der Waals surface area contributed by atoms with Gasteiger partial charge in [0.1, 0.15) is 17.7 Å². The van der Waals surface area contributed by atoms with Gasteiger partial charge in [-0.25, -0.2) is 4.98 Å². The number of unbranched alkanes of at least 4 members (excludes halogenated alkanes) is 1. The van der Waals surface area contributed by atoms with E-state index in [1.54, 1.807) is 0 Å². The molecule has 0 bridgehead atoms. The molecule has 0 saturated heterocycles. The Labute approximate surface area is 153 Å². The Morgan fingerprint density at radius 2 is 1.88 bits per heavy atom. The van der Waals surface area contributed by atoms with Gasteiger partial charge in [0.05, 0.1) is 22.7 Å². The lowest BCUT2D eigenvalue weighted by molar-refractivity contribution is 0.159. The topological polar surface area (TPSA) is 47.3 Å². The van der Waals surface area contributed by atoms with E-state index >= 15 is 0 Å². The third-order valence-electron chi connectivity index (χ3n) is 4.24. The molecule has 1 aromatic heterocycles. The first-order valence-corrected chi connectivity index (χ1v) is 9.09. The number of aliphatic hydroxyl groups is 1. The number of fused-ring (bicyclic) bond motifs is 1. The maximum absolute atomic E-state index is 10.3. The van der Waals surface area contributed by atoms with E-state index in [0.717, 1.165) is 42.0 Å². The highest BCUT2D eigenvalue weighted by Gasteiger charge is 2.16. The molecule has 25 heavy (non-hydrogen) atoms. The van der Waals surface area contributed by atoms with E-state index in [0.29, 0.717) is 18.1 Å². The molecule has 1 heterocycles. The van der Waals surface area contributed by atoms with Gasteiger partial charge in [-0.1, -0.05) is 42.8 Å². The van der Waals surface area contributed by atoms with E-state index in [1.807, 2.05) is 49.4 Å². The minimum Gasteiger partial charge on any atom is -0.492 e. The van der Waals surface area contributed by atoms with E-state index in [1.165, 1.54) is 0 Å². The molecular formula is C20H23ClN2O2. The molecule has 0 aliphatic carbocycles.